The van der Waals surface area contributed by atoms with Crippen molar-refractivity contribution < 1.29 is 13.7 Å². The Morgan fingerprint density at radius 1 is 1.38 bits per heavy atom. The van der Waals surface area contributed by atoms with Crippen molar-refractivity contribution in [3.63, 3.8) is 0 Å². The minimum atomic E-state index is -0.395. The lowest BCUT2D eigenvalue weighted by atomic mass is 10.2. The van der Waals surface area contributed by atoms with Crippen molar-refractivity contribution >= 4 is 0 Å². The van der Waals surface area contributed by atoms with E-state index >= 15 is 0 Å². The van der Waals surface area contributed by atoms with E-state index in [0.717, 1.165) is 5.56 Å². The molecule has 1 aromatic heterocycles. The molecular formula is C15H20FN3O2. The normalized spacial score (nSPS) is 11.1. The molecule has 0 unspecified atom stereocenters. The first-order valence-corrected chi connectivity index (χ1v) is 7.05. The minimum Gasteiger partial charge on any atom is -0.480 e. The molecule has 114 valence electrons. The van der Waals surface area contributed by atoms with Crippen molar-refractivity contribution in [3.8, 4) is 5.75 Å². The molecule has 1 heterocycles. The van der Waals surface area contributed by atoms with Crippen LogP contribution in [0.4, 0.5) is 4.39 Å². The van der Waals surface area contributed by atoms with Crippen LogP contribution in [0.2, 0.25) is 0 Å². The van der Waals surface area contributed by atoms with E-state index in [9.17, 15) is 4.39 Å². The van der Waals surface area contributed by atoms with Crippen LogP contribution >= 0.6 is 0 Å². The molecule has 0 aliphatic carbocycles. The summed E-state index contributed by atoms with van der Waals surface area (Å²) in [7, 11) is 0. The van der Waals surface area contributed by atoms with Crippen LogP contribution in [0.5, 0.6) is 5.75 Å². The van der Waals surface area contributed by atoms with Gasteiger partial charge in [0, 0.05) is 24.6 Å². The topological polar surface area (TPSA) is 60.2 Å². The van der Waals surface area contributed by atoms with Crippen molar-refractivity contribution in [1.82, 2.24) is 15.5 Å². The number of ether oxygens (including phenoxy) is 1. The molecule has 0 spiro atoms. The van der Waals surface area contributed by atoms with Crippen LogP contribution in [0.1, 0.15) is 38.0 Å². The summed E-state index contributed by atoms with van der Waals surface area (Å²) in [4.78, 5) is 4.14. The molecular weight excluding hydrogens is 273 g/mol. The average Bonchev–Trinajstić information content (AvgIpc) is 2.92. The average molecular weight is 293 g/mol. The van der Waals surface area contributed by atoms with E-state index in [1.165, 1.54) is 6.07 Å². The quantitative estimate of drug-likeness (QED) is 0.850. The summed E-state index contributed by atoms with van der Waals surface area (Å²) in [5, 5.41) is 7.02. The van der Waals surface area contributed by atoms with E-state index in [2.05, 4.69) is 15.5 Å². The number of benzene rings is 1. The molecule has 1 N–H and O–H groups in total. The number of nitrogens with one attached hydrogen (secondary N) is 1. The lowest BCUT2D eigenvalue weighted by molar-refractivity contribution is 0.231. The van der Waals surface area contributed by atoms with Gasteiger partial charge in [0.1, 0.15) is 0 Å². The standard InChI is InChI=1S/C15H20FN3O2/c1-4-13-18-14(21-19-13)9-20-15-11(8-17-10(2)3)6-5-7-12(15)16/h5-7,10,17H,4,8-9H2,1-3H3. The SMILES string of the molecule is CCc1noc(COc2c(F)cccc2CNC(C)C)n1. The second-order valence-electron chi connectivity index (χ2n) is 5.01. The van der Waals surface area contributed by atoms with Gasteiger partial charge in [0.05, 0.1) is 0 Å². The first kappa shape index (κ1) is 15.4. The molecule has 1 aromatic carbocycles. The van der Waals surface area contributed by atoms with Gasteiger partial charge in [0.2, 0.25) is 0 Å². The summed E-state index contributed by atoms with van der Waals surface area (Å²) < 4.78 is 24.5. The van der Waals surface area contributed by atoms with Crippen LogP contribution in [0, 0.1) is 5.82 Å². The van der Waals surface area contributed by atoms with Gasteiger partial charge in [-0.1, -0.05) is 38.1 Å². The molecule has 6 heteroatoms. The fraction of sp³-hybridized carbons (Fsp3) is 0.467. The molecule has 0 radical (unpaired) electrons. The molecule has 0 amide bonds. The molecule has 2 aromatic rings. The van der Waals surface area contributed by atoms with E-state index in [1.807, 2.05) is 26.8 Å². The maximum absolute atomic E-state index is 13.9. The van der Waals surface area contributed by atoms with Gasteiger partial charge in [-0.25, -0.2) is 4.39 Å². The molecule has 0 fully saturated rings. The van der Waals surface area contributed by atoms with Gasteiger partial charge in [-0.2, -0.15) is 4.98 Å². The van der Waals surface area contributed by atoms with Gasteiger partial charge in [-0.3, -0.25) is 0 Å². The third kappa shape index (κ3) is 4.26. The Morgan fingerprint density at radius 3 is 2.86 bits per heavy atom. The van der Waals surface area contributed by atoms with Gasteiger partial charge in [-0.15, -0.1) is 0 Å². The first-order chi connectivity index (χ1) is 10.1. The lowest BCUT2D eigenvalue weighted by Gasteiger charge is -2.13. The van der Waals surface area contributed by atoms with Crippen molar-refractivity contribution in [3.05, 3.63) is 41.3 Å². The third-order valence-electron chi connectivity index (χ3n) is 2.92. The summed E-state index contributed by atoms with van der Waals surface area (Å²) in [6.07, 6.45) is 0.687. The van der Waals surface area contributed by atoms with E-state index < -0.39 is 5.82 Å². The zero-order valence-electron chi connectivity index (χ0n) is 12.5. The number of halogens is 1. The Balaban J connectivity index is 2.07. The predicted molar refractivity (Wildman–Crippen MR) is 76.4 cm³/mol. The largest absolute Gasteiger partial charge is 0.480 e. The van der Waals surface area contributed by atoms with Crippen molar-refractivity contribution in [2.24, 2.45) is 0 Å². The van der Waals surface area contributed by atoms with Crippen LogP contribution in [0.3, 0.4) is 0 Å². The highest BCUT2D eigenvalue weighted by Gasteiger charge is 2.12. The van der Waals surface area contributed by atoms with Gasteiger partial charge in [-0.05, 0) is 6.07 Å². The Morgan fingerprint density at radius 2 is 2.19 bits per heavy atom. The summed E-state index contributed by atoms with van der Waals surface area (Å²) in [6, 6.07) is 5.18. The van der Waals surface area contributed by atoms with Gasteiger partial charge >= 0.3 is 0 Å². The van der Waals surface area contributed by atoms with E-state index in [-0.39, 0.29) is 12.4 Å². The Bertz CT molecular complexity index is 584. The molecule has 21 heavy (non-hydrogen) atoms. The summed E-state index contributed by atoms with van der Waals surface area (Å²) in [6.45, 7) is 6.59. The summed E-state index contributed by atoms with van der Waals surface area (Å²) in [5.41, 5.74) is 0.763. The zero-order valence-corrected chi connectivity index (χ0v) is 12.5. The number of hydrogen-bond acceptors (Lipinski definition) is 5. The predicted octanol–water partition coefficient (Wildman–Crippen LogP) is 2.85. The molecule has 0 saturated carbocycles. The van der Waals surface area contributed by atoms with Crippen molar-refractivity contribution in [2.45, 2.75) is 46.4 Å². The Hall–Kier alpha value is -1.95. The second-order valence-corrected chi connectivity index (χ2v) is 5.01. The van der Waals surface area contributed by atoms with Gasteiger partial charge < -0.3 is 14.6 Å². The molecule has 0 atom stereocenters. The van der Waals surface area contributed by atoms with Crippen LogP contribution in [0.15, 0.2) is 22.7 Å². The zero-order chi connectivity index (χ0) is 15.2. The Labute approximate surface area is 123 Å². The minimum absolute atomic E-state index is 0.0581. The number of rotatable bonds is 7. The van der Waals surface area contributed by atoms with Crippen LogP contribution in [-0.4, -0.2) is 16.2 Å². The summed E-state index contributed by atoms with van der Waals surface area (Å²) >= 11 is 0. The molecule has 2 rings (SSSR count). The van der Waals surface area contributed by atoms with E-state index in [1.54, 1.807) is 6.07 Å². The van der Waals surface area contributed by atoms with Crippen molar-refractivity contribution in [1.29, 1.82) is 0 Å². The maximum atomic E-state index is 13.9. The highest BCUT2D eigenvalue weighted by Crippen LogP contribution is 2.23. The number of nitrogens with zero attached hydrogens (tertiary/aromatic N) is 2. The molecule has 0 saturated heterocycles. The highest BCUT2D eigenvalue weighted by molar-refractivity contribution is 5.35. The number of para-hydroxylation sites is 1. The number of hydrogen-bond donors (Lipinski definition) is 1. The van der Waals surface area contributed by atoms with Crippen molar-refractivity contribution in [2.75, 3.05) is 0 Å². The van der Waals surface area contributed by atoms with Gasteiger partial charge in [0.15, 0.2) is 24.0 Å². The summed E-state index contributed by atoms with van der Waals surface area (Å²) in [5.74, 6) is 0.789. The van der Waals surface area contributed by atoms with E-state index in [4.69, 9.17) is 9.26 Å². The van der Waals surface area contributed by atoms with Crippen LogP contribution < -0.4 is 10.1 Å². The molecule has 0 aliphatic rings. The fourth-order valence-electron chi connectivity index (χ4n) is 1.79. The smallest absolute Gasteiger partial charge is 0.264 e. The van der Waals surface area contributed by atoms with Gasteiger partial charge in [0.25, 0.3) is 5.89 Å². The molecule has 5 nitrogen and oxygen atoms in total. The molecule has 0 aliphatic heterocycles. The fourth-order valence-corrected chi connectivity index (χ4v) is 1.79. The van der Waals surface area contributed by atoms with E-state index in [0.29, 0.717) is 30.7 Å². The highest BCUT2D eigenvalue weighted by atomic mass is 19.1. The monoisotopic (exact) mass is 293 g/mol. The lowest BCUT2D eigenvalue weighted by Crippen LogP contribution is -2.22. The third-order valence-corrected chi connectivity index (χ3v) is 2.92. The second kappa shape index (κ2) is 7.17. The van der Waals surface area contributed by atoms with Crippen LogP contribution in [-0.2, 0) is 19.6 Å². The Kier molecular flexibility index (Phi) is 5.27. The maximum Gasteiger partial charge on any atom is 0.264 e. The number of aryl methyl sites for hydroxylation is 1. The van der Waals surface area contributed by atoms with Crippen LogP contribution in [0.25, 0.3) is 0 Å². The number of aromatic nitrogens is 2. The first-order valence-electron chi connectivity index (χ1n) is 7.05. The molecule has 0 bridgehead atoms.